The van der Waals surface area contributed by atoms with E-state index >= 15 is 0 Å². The van der Waals surface area contributed by atoms with Crippen LogP contribution in [0.1, 0.15) is 13.3 Å². The third-order valence-corrected chi connectivity index (χ3v) is 2.59. The molecular formula is C13H19F2N3O3. The topological polar surface area (TPSA) is 76.4 Å². The van der Waals surface area contributed by atoms with Crippen LogP contribution in [-0.2, 0) is 4.74 Å². The van der Waals surface area contributed by atoms with Crippen LogP contribution in [0.15, 0.2) is 18.2 Å². The average molecular weight is 303 g/mol. The number of anilines is 2. The Balaban J connectivity index is 2.65. The summed E-state index contributed by atoms with van der Waals surface area (Å²) in [5, 5.41) is 17.0. The lowest BCUT2D eigenvalue weighted by Crippen LogP contribution is -2.14. The van der Waals surface area contributed by atoms with Crippen molar-refractivity contribution in [1.29, 1.82) is 0 Å². The normalized spacial score (nSPS) is 10.7. The van der Waals surface area contributed by atoms with Gasteiger partial charge in [-0.05, 0) is 18.6 Å². The summed E-state index contributed by atoms with van der Waals surface area (Å²) in [6.07, 6.45) is -1.67. The first kappa shape index (κ1) is 17.1. The van der Waals surface area contributed by atoms with Gasteiger partial charge in [0.05, 0.1) is 11.5 Å². The van der Waals surface area contributed by atoms with Gasteiger partial charge in [0, 0.05) is 13.1 Å². The van der Waals surface area contributed by atoms with Crippen molar-refractivity contribution < 1.29 is 18.4 Å². The molecule has 8 heteroatoms. The summed E-state index contributed by atoms with van der Waals surface area (Å²) >= 11 is 0. The Morgan fingerprint density at radius 2 is 1.90 bits per heavy atom. The van der Waals surface area contributed by atoms with E-state index < -0.39 is 18.0 Å². The summed E-state index contributed by atoms with van der Waals surface area (Å²) in [7, 11) is 0. The Morgan fingerprint density at radius 1 is 1.29 bits per heavy atom. The molecule has 1 aromatic rings. The maximum atomic E-state index is 11.9. The van der Waals surface area contributed by atoms with Gasteiger partial charge >= 0.3 is 5.69 Å². The SMILES string of the molecule is CCCNc1cccc(NCCOCC(F)F)c1[N+](=O)[O-]. The van der Waals surface area contributed by atoms with E-state index in [0.29, 0.717) is 17.9 Å². The van der Waals surface area contributed by atoms with E-state index in [1.165, 1.54) is 0 Å². The molecule has 2 N–H and O–H groups in total. The van der Waals surface area contributed by atoms with Crippen molar-refractivity contribution in [1.82, 2.24) is 0 Å². The summed E-state index contributed by atoms with van der Waals surface area (Å²) in [5.74, 6) is 0. The highest BCUT2D eigenvalue weighted by atomic mass is 19.3. The fraction of sp³-hybridized carbons (Fsp3) is 0.538. The highest BCUT2D eigenvalue weighted by Crippen LogP contribution is 2.32. The van der Waals surface area contributed by atoms with Gasteiger partial charge in [-0.1, -0.05) is 13.0 Å². The summed E-state index contributed by atoms with van der Waals surface area (Å²) < 4.78 is 28.5. The van der Waals surface area contributed by atoms with Gasteiger partial charge in [0.15, 0.2) is 0 Å². The van der Waals surface area contributed by atoms with E-state index in [1.807, 2.05) is 6.92 Å². The smallest absolute Gasteiger partial charge is 0.315 e. The first-order valence-electron chi connectivity index (χ1n) is 6.67. The highest BCUT2D eigenvalue weighted by molar-refractivity contribution is 5.76. The minimum absolute atomic E-state index is 0.0497. The maximum absolute atomic E-state index is 11.9. The van der Waals surface area contributed by atoms with Crippen molar-refractivity contribution in [3.8, 4) is 0 Å². The lowest BCUT2D eigenvalue weighted by Gasteiger charge is -2.11. The molecule has 0 amide bonds. The highest BCUT2D eigenvalue weighted by Gasteiger charge is 2.18. The molecule has 0 saturated heterocycles. The van der Waals surface area contributed by atoms with Crippen LogP contribution in [0, 0.1) is 10.1 Å². The van der Waals surface area contributed by atoms with Gasteiger partial charge < -0.3 is 15.4 Å². The fourth-order valence-corrected chi connectivity index (χ4v) is 1.72. The molecule has 0 aliphatic carbocycles. The molecule has 0 saturated carbocycles. The zero-order valence-electron chi connectivity index (χ0n) is 11.8. The lowest BCUT2D eigenvalue weighted by molar-refractivity contribution is -0.383. The number of benzene rings is 1. The molecule has 1 aromatic carbocycles. The number of nitro benzene ring substituents is 1. The van der Waals surface area contributed by atoms with Crippen molar-refractivity contribution in [2.24, 2.45) is 0 Å². The van der Waals surface area contributed by atoms with Crippen LogP contribution in [0.3, 0.4) is 0 Å². The molecule has 0 bridgehead atoms. The molecule has 0 atom stereocenters. The van der Waals surface area contributed by atoms with E-state index in [9.17, 15) is 18.9 Å². The molecule has 118 valence electrons. The second kappa shape index (κ2) is 9.06. The van der Waals surface area contributed by atoms with Crippen molar-refractivity contribution >= 4 is 17.1 Å². The van der Waals surface area contributed by atoms with Crippen LogP contribution in [-0.4, -0.2) is 37.7 Å². The molecule has 1 rings (SSSR count). The molecule has 0 spiro atoms. The monoisotopic (exact) mass is 303 g/mol. The summed E-state index contributed by atoms with van der Waals surface area (Å²) in [6, 6.07) is 4.89. The van der Waals surface area contributed by atoms with Crippen LogP contribution in [0.5, 0.6) is 0 Å². The predicted octanol–water partition coefficient (Wildman–Crippen LogP) is 3.11. The van der Waals surface area contributed by atoms with E-state index in [1.54, 1.807) is 18.2 Å². The van der Waals surface area contributed by atoms with Crippen LogP contribution in [0.2, 0.25) is 0 Å². The van der Waals surface area contributed by atoms with Crippen LogP contribution < -0.4 is 10.6 Å². The van der Waals surface area contributed by atoms with Gasteiger partial charge in [0.2, 0.25) is 0 Å². The van der Waals surface area contributed by atoms with E-state index in [4.69, 9.17) is 4.74 Å². The van der Waals surface area contributed by atoms with Crippen LogP contribution in [0.4, 0.5) is 25.8 Å². The van der Waals surface area contributed by atoms with Gasteiger partial charge in [-0.15, -0.1) is 0 Å². The van der Waals surface area contributed by atoms with Gasteiger partial charge in [0.25, 0.3) is 6.43 Å². The summed E-state index contributed by atoms with van der Waals surface area (Å²) in [4.78, 5) is 10.7. The van der Waals surface area contributed by atoms with Crippen molar-refractivity contribution in [3.05, 3.63) is 28.3 Å². The number of hydrogen-bond donors (Lipinski definition) is 2. The van der Waals surface area contributed by atoms with Crippen molar-refractivity contribution in [2.45, 2.75) is 19.8 Å². The van der Waals surface area contributed by atoms with Gasteiger partial charge in [0.1, 0.15) is 18.0 Å². The van der Waals surface area contributed by atoms with Gasteiger partial charge in [-0.2, -0.15) is 0 Å². The van der Waals surface area contributed by atoms with Gasteiger partial charge in [-0.3, -0.25) is 10.1 Å². The lowest BCUT2D eigenvalue weighted by atomic mass is 10.2. The Labute approximate surface area is 121 Å². The van der Waals surface area contributed by atoms with Crippen molar-refractivity contribution in [3.63, 3.8) is 0 Å². The number of para-hydroxylation sites is 1. The van der Waals surface area contributed by atoms with Crippen LogP contribution in [0.25, 0.3) is 0 Å². The summed E-state index contributed by atoms with van der Waals surface area (Å²) in [6.45, 7) is 2.21. The fourth-order valence-electron chi connectivity index (χ4n) is 1.72. The van der Waals surface area contributed by atoms with Gasteiger partial charge in [-0.25, -0.2) is 8.78 Å². The number of nitrogens with one attached hydrogen (secondary N) is 2. The Kier molecular flexibility index (Phi) is 7.38. The number of nitrogens with zero attached hydrogens (tertiary/aromatic N) is 1. The van der Waals surface area contributed by atoms with E-state index in [2.05, 4.69) is 10.6 Å². The second-order valence-electron chi connectivity index (χ2n) is 4.28. The van der Waals surface area contributed by atoms with E-state index in [0.717, 1.165) is 6.42 Å². The molecular weight excluding hydrogens is 284 g/mol. The number of nitro groups is 1. The Hall–Kier alpha value is -1.96. The zero-order valence-corrected chi connectivity index (χ0v) is 11.8. The number of rotatable bonds is 10. The number of hydrogen-bond acceptors (Lipinski definition) is 5. The third-order valence-electron chi connectivity index (χ3n) is 2.59. The quantitative estimate of drug-likeness (QED) is 0.394. The first-order chi connectivity index (χ1) is 10.1. The molecule has 0 fully saturated rings. The molecule has 0 aliphatic rings. The van der Waals surface area contributed by atoms with Crippen molar-refractivity contribution in [2.75, 3.05) is 36.9 Å². The molecule has 0 aromatic heterocycles. The minimum atomic E-state index is -2.51. The zero-order chi connectivity index (χ0) is 15.7. The molecule has 6 nitrogen and oxygen atoms in total. The number of halogens is 2. The molecule has 0 aliphatic heterocycles. The standard InChI is InChI=1S/C13H19F2N3O3/c1-2-6-16-10-4-3-5-11(13(10)18(19)20)17-7-8-21-9-12(14)15/h3-5,12,16-17H,2,6-9H2,1H3. The maximum Gasteiger partial charge on any atom is 0.315 e. The summed E-state index contributed by atoms with van der Waals surface area (Å²) in [5.41, 5.74) is 0.710. The third kappa shape index (κ3) is 5.90. The molecule has 0 heterocycles. The molecule has 21 heavy (non-hydrogen) atoms. The number of alkyl halides is 2. The first-order valence-corrected chi connectivity index (χ1v) is 6.67. The Morgan fingerprint density at radius 3 is 2.43 bits per heavy atom. The Bertz CT molecular complexity index is 458. The molecule has 0 unspecified atom stereocenters. The largest absolute Gasteiger partial charge is 0.379 e. The minimum Gasteiger partial charge on any atom is -0.379 e. The van der Waals surface area contributed by atoms with Crippen LogP contribution >= 0.6 is 0 Å². The van der Waals surface area contributed by atoms with E-state index in [-0.39, 0.29) is 18.8 Å². The molecule has 0 radical (unpaired) electrons. The predicted molar refractivity (Wildman–Crippen MR) is 77.2 cm³/mol. The average Bonchev–Trinajstić information content (AvgIpc) is 2.44. The second-order valence-corrected chi connectivity index (χ2v) is 4.28. The number of ether oxygens (including phenoxy) is 1.